The van der Waals surface area contributed by atoms with Crippen LogP contribution < -0.4 is 5.73 Å². The van der Waals surface area contributed by atoms with E-state index in [1.54, 1.807) is 0 Å². The van der Waals surface area contributed by atoms with E-state index in [0.717, 1.165) is 39.0 Å². The lowest BCUT2D eigenvalue weighted by Gasteiger charge is -2.16. The first-order valence-electron chi connectivity index (χ1n) is 10.2. The van der Waals surface area contributed by atoms with Crippen molar-refractivity contribution in [3.05, 3.63) is 103 Å². The number of para-hydroxylation sites is 1. The number of aromatic amines is 1. The Hall–Kier alpha value is -4.04. The lowest BCUT2D eigenvalue weighted by molar-refractivity contribution is 1.56. The zero-order valence-electron chi connectivity index (χ0n) is 16.4. The van der Waals surface area contributed by atoms with Crippen LogP contribution in [0.4, 0.5) is 5.69 Å². The van der Waals surface area contributed by atoms with Gasteiger partial charge in [0, 0.05) is 38.5 Å². The molecule has 0 saturated carbocycles. The first kappa shape index (κ1) is 16.9. The molecule has 0 radical (unpaired) electrons. The van der Waals surface area contributed by atoms with Crippen LogP contribution in [0.1, 0.15) is 0 Å². The van der Waals surface area contributed by atoms with Gasteiger partial charge in [-0.1, -0.05) is 91.0 Å². The van der Waals surface area contributed by atoms with Crippen LogP contribution in [0.15, 0.2) is 103 Å². The highest BCUT2D eigenvalue weighted by molar-refractivity contribution is 6.23. The summed E-state index contributed by atoms with van der Waals surface area (Å²) in [6.07, 6.45) is 0. The Balaban J connectivity index is 1.82. The average Bonchev–Trinajstić information content (AvgIpc) is 3.19. The molecule has 142 valence electrons. The molecule has 5 aromatic carbocycles. The molecule has 0 atom stereocenters. The molecule has 0 spiro atoms. The lowest BCUT2D eigenvalue weighted by atomic mass is 9.89. The van der Waals surface area contributed by atoms with Crippen molar-refractivity contribution in [1.29, 1.82) is 0 Å². The van der Waals surface area contributed by atoms with E-state index in [1.807, 2.05) is 12.1 Å². The molecule has 1 heterocycles. The Morgan fingerprint density at radius 1 is 0.600 bits per heavy atom. The molecule has 0 amide bonds. The molecule has 0 bridgehead atoms. The van der Waals surface area contributed by atoms with Crippen molar-refractivity contribution >= 4 is 38.3 Å². The largest absolute Gasteiger partial charge is 0.398 e. The molecule has 3 N–H and O–H groups in total. The van der Waals surface area contributed by atoms with Crippen molar-refractivity contribution in [2.24, 2.45) is 0 Å². The molecule has 2 heteroatoms. The number of rotatable bonds is 2. The fourth-order valence-electron chi connectivity index (χ4n) is 4.59. The highest BCUT2D eigenvalue weighted by atomic mass is 14.7. The van der Waals surface area contributed by atoms with Gasteiger partial charge in [0.25, 0.3) is 0 Å². The van der Waals surface area contributed by atoms with Crippen LogP contribution in [0.25, 0.3) is 54.8 Å². The van der Waals surface area contributed by atoms with Gasteiger partial charge in [-0.2, -0.15) is 0 Å². The summed E-state index contributed by atoms with van der Waals surface area (Å²) >= 11 is 0. The molecule has 0 aliphatic rings. The van der Waals surface area contributed by atoms with Crippen LogP contribution in [-0.4, -0.2) is 4.98 Å². The number of fused-ring (bicyclic) bond motifs is 5. The van der Waals surface area contributed by atoms with Crippen LogP contribution in [0.3, 0.4) is 0 Å². The number of hydrogen-bond donors (Lipinski definition) is 2. The van der Waals surface area contributed by atoms with Crippen molar-refractivity contribution in [2.45, 2.75) is 0 Å². The van der Waals surface area contributed by atoms with Crippen LogP contribution in [0.5, 0.6) is 0 Å². The third kappa shape index (κ3) is 2.44. The zero-order chi connectivity index (χ0) is 20.1. The van der Waals surface area contributed by atoms with Crippen LogP contribution >= 0.6 is 0 Å². The van der Waals surface area contributed by atoms with Crippen molar-refractivity contribution in [1.82, 2.24) is 4.98 Å². The van der Waals surface area contributed by atoms with E-state index in [-0.39, 0.29) is 0 Å². The fraction of sp³-hybridized carbons (Fsp3) is 0. The second-order valence-electron chi connectivity index (χ2n) is 7.70. The minimum Gasteiger partial charge on any atom is -0.398 e. The normalized spacial score (nSPS) is 11.5. The Morgan fingerprint density at radius 3 is 2.03 bits per heavy atom. The second kappa shape index (κ2) is 6.50. The van der Waals surface area contributed by atoms with Gasteiger partial charge in [0.05, 0.1) is 5.52 Å². The molecule has 6 aromatic rings. The molecule has 0 aliphatic carbocycles. The van der Waals surface area contributed by atoms with Gasteiger partial charge in [-0.15, -0.1) is 0 Å². The monoisotopic (exact) mass is 384 g/mol. The summed E-state index contributed by atoms with van der Waals surface area (Å²) < 4.78 is 0. The second-order valence-corrected chi connectivity index (χ2v) is 7.70. The van der Waals surface area contributed by atoms with Gasteiger partial charge in [0.2, 0.25) is 0 Å². The molecule has 6 rings (SSSR count). The first-order valence-corrected chi connectivity index (χ1v) is 10.2. The number of aromatic nitrogens is 1. The molecule has 0 saturated heterocycles. The SMILES string of the molecule is Nc1c(-c2ccccc2)cc2ccc3c4ccccc4[nH]c3c2c1-c1ccccc1. The number of nitrogen functional groups attached to an aromatic ring is 1. The minimum atomic E-state index is 0.811. The topological polar surface area (TPSA) is 41.8 Å². The van der Waals surface area contributed by atoms with E-state index in [9.17, 15) is 0 Å². The van der Waals surface area contributed by atoms with Gasteiger partial charge in [-0.05, 0) is 28.6 Å². The predicted molar refractivity (Wildman–Crippen MR) is 129 cm³/mol. The van der Waals surface area contributed by atoms with E-state index in [0.29, 0.717) is 0 Å². The highest BCUT2D eigenvalue weighted by Crippen LogP contribution is 2.44. The molecule has 1 aromatic heterocycles. The average molecular weight is 384 g/mol. The third-order valence-electron chi connectivity index (χ3n) is 5.97. The summed E-state index contributed by atoms with van der Waals surface area (Å²) in [5, 5.41) is 4.81. The van der Waals surface area contributed by atoms with Crippen molar-refractivity contribution in [3.63, 3.8) is 0 Å². The number of nitrogens with two attached hydrogens (primary N) is 1. The summed E-state index contributed by atoms with van der Waals surface area (Å²) in [4.78, 5) is 3.66. The standard InChI is InChI=1S/C28H20N2/c29-27-23(18-9-3-1-4-10-18)17-20-15-16-22-21-13-7-8-14-24(21)30-28(22)26(20)25(27)19-11-5-2-6-12-19/h1-17,30H,29H2. The Bertz CT molecular complexity index is 1530. The van der Waals surface area contributed by atoms with Gasteiger partial charge >= 0.3 is 0 Å². The highest BCUT2D eigenvalue weighted by Gasteiger charge is 2.18. The molecular formula is C28H20N2. The number of hydrogen-bond acceptors (Lipinski definition) is 1. The quantitative estimate of drug-likeness (QED) is 0.300. The number of nitrogens with one attached hydrogen (secondary N) is 1. The summed E-state index contributed by atoms with van der Waals surface area (Å²) in [6.45, 7) is 0. The van der Waals surface area contributed by atoms with Crippen LogP contribution in [0.2, 0.25) is 0 Å². The maximum Gasteiger partial charge on any atom is 0.0551 e. The smallest absolute Gasteiger partial charge is 0.0551 e. The Morgan fingerprint density at radius 2 is 1.27 bits per heavy atom. The van der Waals surface area contributed by atoms with E-state index < -0.39 is 0 Å². The van der Waals surface area contributed by atoms with Gasteiger partial charge in [-0.25, -0.2) is 0 Å². The maximum atomic E-state index is 6.88. The van der Waals surface area contributed by atoms with Gasteiger partial charge in [0.1, 0.15) is 0 Å². The zero-order valence-corrected chi connectivity index (χ0v) is 16.4. The van der Waals surface area contributed by atoms with E-state index in [2.05, 4.69) is 96.0 Å². The van der Waals surface area contributed by atoms with Crippen molar-refractivity contribution in [2.75, 3.05) is 5.73 Å². The van der Waals surface area contributed by atoms with Gasteiger partial charge in [-0.3, -0.25) is 0 Å². The molecule has 0 unspecified atom stereocenters. The van der Waals surface area contributed by atoms with E-state index >= 15 is 0 Å². The molecule has 0 fully saturated rings. The number of H-pyrrole nitrogens is 1. The summed E-state index contributed by atoms with van der Waals surface area (Å²) in [6, 6.07) is 36.0. The molecule has 30 heavy (non-hydrogen) atoms. The van der Waals surface area contributed by atoms with Crippen LogP contribution in [-0.2, 0) is 0 Å². The summed E-state index contributed by atoms with van der Waals surface area (Å²) in [7, 11) is 0. The minimum absolute atomic E-state index is 0.811. The first-order chi connectivity index (χ1) is 14.8. The van der Waals surface area contributed by atoms with E-state index in [1.165, 1.54) is 21.5 Å². The molecule has 0 aliphatic heterocycles. The Kier molecular flexibility index (Phi) is 3.65. The fourth-order valence-corrected chi connectivity index (χ4v) is 4.59. The van der Waals surface area contributed by atoms with Crippen LogP contribution in [0, 0.1) is 0 Å². The molecular weight excluding hydrogens is 364 g/mol. The Labute approximate surface area is 174 Å². The summed E-state index contributed by atoms with van der Waals surface area (Å²) in [5.41, 5.74) is 14.4. The number of anilines is 1. The summed E-state index contributed by atoms with van der Waals surface area (Å²) in [5.74, 6) is 0. The van der Waals surface area contributed by atoms with Gasteiger partial charge in [0.15, 0.2) is 0 Å². The number of benzene rings is 5. The maximum absolute atomic E-state index is 6.88. The molecule has 2 nitrogen and oxygen atoms in total. The van der Waals surface area contributed by atoms with Gasteiger partial charge < -0.3 is 10.7 Å². The third-order valence-corrected chi connectivity index (χ3v) is 5.97. The van der Waals surface area contributed by atoms with E-state index in [4.69, 9.17) is 5.73 Å². The lowest BCUT2D eigenvalue weighted by Crippen LogP contribution is -1.96. The predicted octanol–water partition coefficient (Wildman–Crippen LogP) is 7.39. The van der Waals surface area contributed by atoms with Crippen molar-refractivity contribution < 1.29 is 0 Å². The van der Waals surface area contributed by atoms with Crippen molar-refractivity contribution in [3.8, 4) is 22.3 Å².